The molecule has 1 atom stereocenters. The first-order valence-electron chi connectivity index (χ1n) is 7.55. The molecule has 4 N–H and O–H groups in total. The van der Waals surface area contributed by atoms with Crippen molar-refractivity contribution in [3.05, 3.63) is 43.0 Å². The van der Waals surface area contributed by atoms with Crippen molar-refractivity contribution in [2.75, 3.05) is 11.9 Å². The Kier molecular flexibility index (Phi) is 6.32. The lowest BCUT2D eigenvalue weighted by molar-refractivity contribution is -0.141. The summed E-state index contributed by atoms with van der Waals surface area (Å²) in [5.74, 6) is -1.49. The molecule has 2 aromatic rings. The third-order valence-electron chi connectivity index (χ3n) is 3.36. The van der Waals surface area contributed by atoms with Crippen LogP contribution < -0.4 is 10.6 Å². The minimum atomic E-state index is -1.08. The number of rotatable bonds is 9. The molecule has 8 nitrogen and oxygen atoms in total. The van der Waals surface area contributed by atoms with Gasteiger partial charge in [-0.1, -0.05) is 6.07 Å². The molecule has 2 rings (SSSR count). The van der Waals surface area contributed by atoms with E-state index in [1.807, 2.05) is 10.8 Å². The zero-order chi connectivity index (χ0) is 17.4. The zero-order valence-corrected chi connectivity index (χ0v) is 13.1. The van der Waals surface area contributed by atoms with Gasteiger partial charge in [-0.15, -0.1) is 0 Å². The average molecular weight is 332 g/mol. The minimum absolute atomic E-state index is 0.0280. The van der Waals surface area contributed by atoms with Crippen molar-refractivity contribution in [2.24, 2.45) is 0 Å². The van der Waals surface area contributed by atoms with E-state index >= 15 is 0 Å². The van der Waals surface area contributed by atoms with Crippen LogP contribution in [0.5, 0.6) is 5.75 Å². The predicted octanol–water partition coefficient (Wildman–Crippen LogP) is 1.05. The summed E-state index contributed by atoms with van der Waals surface area (Å²) in [6.45, 7) is 1.18. The summed E-state index contributed by atoms with van der Waals surface area (Å²) in [5, 5.41) is 24.0. The maximum absolute atomic E-state index is 11.9. The number of aliphatic carboxylic acids is 1. The molecule has 128 valence electrons. The van der Waals surface area contributed by atoms with E-state index in [2.05, 4.69) is 15.6 Å². The molecule has 8 heteroatoms. The molecule has 0 aliphatic rings. The van der Waals surface area contributed by atoms with Crippen LogP contribution in [0, 0.1) is 0 Å². The number of carbonyl (C=O) groups excluding carboxylic acids is 1. The van der Waals surface area contributed by atoms with Gasteiger partial charge in [0.1, 0.15) is 11.8 Å². The normalized spacial score (nSPS) is 11.8. The quantitative estimate of drug-likeness (QED) is 0.510. The van der Waals surface area contributed by atoms with Crippen LogP contribution in [0.3, 0.4) is 0 Å². The van der Waals surface area contributed by atoms with Gasteiger partial charge in [0.25, 0.3) is 0 Å². The topological polar surface area (TPSA) is 116 Å². The van der Waals surface area contributed by atoms with Crippen LogP contribution >= 0.6 is 0 Å². The Morgan fingerprint density at radius 2 is 2.17 bits per heavy atom. The van der Waals surface area contributed by atoms with E-state index in [0.29, 0.717) is 18.7 Å². The highest BCUT2D eigenvalue weighted by molar-refractivity contribution is 5.94. The molecule has 1 aromatic heterocycles. The lowest BCUT2D eigenvalue weighted by Gasteiger charge is -2.14. The molecule has 0 radical (unpaired) electrons. The van der Waals surface area contributed by atoms with E-state index < -0.39 is 17.9 Å². The van der Waals surface area contributed by atoms with Crippen molar-refractivity contribution in [3.63, 3.8) is 0 Å². The standard InChI is InChI=1S/C16H20N4O4/c21-13-4-1-3-12(9-13)19-15(22)10-14(16(23)24)18-5-2-7-20-8-6-17-11-20/h1,3-4,6,8-9,11,14,18,21H,2,5,7,10H2,(H,19,22)(H,23,24). The van der Waals surface area contributed by atoms with E-state index in [1.54, 1.807) is 24.7 Å². The number of nitrogens with one attached hydrogen (secondary N) is 2. The Morgan fingerprint density at radius 1 is 1.33 bits per heavy atom. The second-order valence-electron chi connectivity index (χ2n) is 5.30. The number of aromatic nitrogens is 2. The van der Waals surface area contributed by atoms with E-state index in [4.69, 9.17) is 0 Å². The SMILES string of the molecule is O=C(CC(NCCCn1ccnc1)C(=O)O)Nc1cccc(O)c1. The van der Waals surface area contributed by atoms with Crippen LogP contribution in [-0.2, 0) is 16.1 Å². The van der Waals surface area contributed by atoms with Crippen LogP contribution in [0.25, 0.3) is 0 Å². The van der Waals surface area contributed by atoms with Crippen LogP contribution in [0.4, 0.5) is 5.69 Å². The highest BCUT2D eigenvalue weighted by Gasteiger charge is 2.20. The molecule has 0 aliphatic carbocycles. The van der Waals surface area contributed by atoms with Crippen LogP contribution in [0.15, 0.2) is 43.0 Å². The number of benzene rings is 1. The van der Waals surface area contributed by atoms with E-state index in [-0.39, 0.29) is 12.2 Å². The number of carbonyl (C=O) groups is 2. The van der Waals surface area contributed by atoms with Crippen molar-refractivity contribution in [1.82, 2.24) is 14.9 Å². The van der Waals surface area contributed by atoms with Gasteiger partial charge < -0.3 is 25.4 Å². The number of hydrogen-bond donors (Lipinski definition) is 4. The summed E-state index contributed by atoms with van der Waals surface area (Å²) in [6.07, 6.45) is 5.72. The first kappa shape index (κ1) is 17.5. The van der Waals surface area contributed by atoms with Crippen molar-refractivity contribution in [1.29, 1.82) is 0 Å². The Morgan fingerprint density at radius 3 is 2.83 bits per heavy atom. The van der Waals surface area contributed by atoms with Gasteiger partial charge in [0, 0.05) is 30.7 Å². The monoisotopic (exact) mass is 332 g/mol. The fourth-order valence-corrected chi connectivity index (χ4v) is 2.18. The summed E-state index contributed by atoms with van der Waals surface area (Å²) in [4.78, 5) is 27.1. The van der Waals surface area contributed by atoms with Crippen LogP contribution in [0.1, 0.15) is 12.8 Å². The summed E-state index contributed by atoms with van der Waals surface area (Å²) in [7, 11) is 0. The summed E-state index contributed by atoms with van der Waals surface area (Å²) in [5.41, 5.74) is 0.421. The van der Waals surface area contributed by atoms with E-state index in [1.165, 1.54) is 12.1 Å². The number of phenols is 1. The Balaban J connectivity index is 1.77. The van der Waals surface area contributed by atoms with Crippen LogP contribution in [0.2, 0.25) is 0 Å². The summed E-state index contributed by atoms with van der Waals surface area (Å²) in [6, 6.07) is 5.12. The molecule has 0 aliphatic heterocycles. The Hall–Kier alpha value is -2.87. The maximum atomic E-state index is 11.9. The van der Waals surface area contributed by atoms with Gasteiger partial charge in [0.05, 0.1) is 12.7 Å². The number of carboxylic acids is 1. The first-order valence-corrected chi connectivity index (χ1v) is 7.55. The number of amides is 1. The highest BCUT2D eigenvalue weighted by Crippen LogP contribution is 2.15. The molecule has 0 bridgehead atoms. The zero-order valence-electron chi connectivity index (χ0n) is 13.1. The molecular formula is C16H20N4O4. The number of imidazole rings is 1. The van der Waals surface area contributed by atoms with Crippen molar-refractivity contribution >= 4 is 17.6 Å². The molecule has 0 saturated carbocycles. The fraction of sp³-hybridized carbons (Fsp3) is 0.312. The van der Waals surface area contributed by atoms with E-state index in [0.717, 1.165) is 6.54 Å². The van der Waals surface area contributed by atoms with Gasteiger partial charge in [0.2, 0.25) is 5.91 Å². The molecule has 1 amide bonds. The van der Waals surface area contributed by atoms with Gasteiger partial charge in [-0.25, -0.2) is 4.98 Å². The van der Waals surface area contributed by atoms with Gasteiger partial charge in [-0.05, 0) is 25.1 Å². The molecule has 0 fully saturated rings. The first-order chi connectivity index (χ1) is 11.5. The van der Waals surface area contributed by atoms with Gasteiger partial charge in [0.15, 0.2) is 0 Å². The number of aromatic hydroxyl groups is 1. The summed E-state index contributed by atoms with van der Waals surface area (Å²) < 4.78 is 1.89. The molecule has 1 unspecified atom stereocenters. The number of carboxylic acid groups (broad SMARTS) is 1. The number of anilines is 1. The number of aryl methyl sites for hydroxylation is 1. The minimum Gasteiger partial charge on any atom is -0.508 e. The fourth-order valence-electron chi connectivity index (χ4n) is 2.18. The van der Waals surface area contributed by atoms with E-state index in [9.17, 15) is 19.8 Å². The lowest BCUT2D eigenvalue weighted by atomic mass is 10.2. The predicted molar refractivity (Wildman–Crippen MR) is 87.6 cm³/mol. The molecule has 1 aromatic carbocycles. The molecular weight excluding hydrogens is 312 g/mol. The number of hydrogen-bond acceptors (Lipinski definition) is 5. The van der Waals surface area contributed by atoms with Crippen molar-refractivity contribution < 1.29 is 19.8 Å². The second kappa shape index (κ2) is 8.68. The third-order valence-corrected chi connectivity index (χ3v) is 3.36. The average Bonchev–Trinajstić information content (AvgIpc) is 3.03. The Labute approximate surface area is 139 Å². The Bertz CT molecular complexity index is 672. The van der Waals surface area contributed by atoms with Crippen molar-refractivity contribution in [2.45, 2.75) is 25.4 Å². The smallest absolute Gasteiger partial charge is 0.321 e. The summed E-state index contributed by atoms with van der Waals surface area (Å²) >= 11 is 0. The molecule has 24 heavy (non-hydrogen) atoms. The number of nitrogens with zero attached hydrogens (tertiary/aromatic N) is 2. The number of phenolic OH excluding ortho intramolecular Hbond substituents is 1. The largest absolute Gasteiger partial charge is 0.508 e. The molecule has 0 saturated heterocycles. The lowest BCUT2D eigenvalue weighted by Crippen LogP contribution is -2.40. The molecule has 1 heterocycles. The molecule has 0 spiro atoms. The van der Waals surface area contributed by atoms with Gasteiger partial charge >= 0.3 is 5.97 Å². The highest BCUT2D eigenvalue weighted by atomic mass is 16.4. The maximum Gasteiger partial charge on any atom is 0.321 e. The second-order valence-corrected chi connectivity index (χ2v) is 5.30. The van der Waals surface area contributed by atoms with Gasteiger partial charge in [-0.2, -0.15) is 0 Å². The van der Waals surface area contributed by atoms with Crippen LogP contribution in [-0.4, -0.2) is 44.2 Å². The third kappa shape index (κ3) is 5.73. The van der Waals surface area contributed by atoms with Gasteiger partial charge in [-0.3, -0.25) is 9.59 Å². The van der Waals surface area contributed by atoms with Crippen molar-refractivity contribution in [3.8, 4) is 5.75 Å².